The van der Waals surface area contributed by atoms with E-state index in [1.807, 2.05) is 11.3 Å². The minimum atomic E-state index is 0.744. The molecule has 0 aliphatic heterocycles. The van der Waals surface area contributed by atoms with Gasteiger partial charge >= 0.3 is 0 Å². The maximum atomic E-state index is 5.50. The number of rotatable bonds is 6. The SMILES string of the molecule is CCCOCc1cc(CC(C)C)cs1. The highest BCUT2D eigenvalue weighted by molar-refractivity contribution is 7.10. The van der Waals surface area contributed by atoms with E-state index in [4.69, 9.17) is 4.74 Å². The molecule has 80 valence electrons. The number of hydrogen-bond acceptors (Lipinski definition) is 2. The topological polar surface area (TPSA) is 9.23 Å². The van der Waals surface area contributed by atoms with Crippen LogP contribution in [0.1, 0.15) is 37.6 Å². The molecule has 1 nitrogen and oxygen atoms in total. The van der Waals surface area contributed by atoms with Gasteiger partial charge in [-0.3, -0.25) is 0 Å². The molecule has 0 aliphatic carbocycles. The van der Waals surface area contributed by atoms with Crippen molar-refractivity contribution in [3.8, 4) is 0 Å². The van der Waals surface area contributed by atoms with Crippen LogP contribution in [0.2, 0.25) is 0 Å². The van der Waals surface area contributed by atoms with Crippen molar-refractivity contribution in [2.45, 2.75) is 40.2 Å². The summed E-state index contributed by atoms with van der Waals surface area (Å²) in [6.07, 6.45) is 2.29. The average molecular weight is 212 g/mol. The van der Waals surface area contributed by atoms with E-state index in [2.05, 4.69) is 32.2 Å². The molecule has 0 aromatic carbocycles. The Morgan fingerprint density at radius 1 is 1.43 bits per heavy atom. The van der Waals surface area contributed by atoms with Gasteiger partial charge in [0.1, 0.15) is 0 Å². The van der Waals surface area contributed by atoms with Gasteiger partial charge in [0.15, 0.2) is 0 Å². The predicted molar refractivity (Wildman–Crippen MR) is 62.8 cm³/mol. The van der Waals surface area contributed by atoms with Crippen LogP contribution in [0.3, 0.4) is 0 Å². The standard InChI is InChI=1S/C12H20OS/c1-4-5-13-8-12-7-11(9-14-12)6-10(2)3/h7,9-10H,4-6,8H2,1-3H3. The molecule has 0 saturated heterocycles. The molecule has 0 radical (unpaired) electrons. The number of thiophene rings is 1. The van der Waals surface area contributed by atoms with Crippen molar-refractivity contribution in [1.29, 1.82) is 0 Å². The highest BCUT2D eigenvalue weighted by Crippen LogP contribution is 2.18. The van der Waals surface area contributed by atoms with Crippen molar-refractivity contribution < 1.29 is 4.74 Å². The van der Waals surface area contributed by atoms with Gasteiger partial charge in [-0.1, -0.05) is 20.8 Å². The van der Waals surface area contributed by atoms with Crippen LogP contribution in [0.5, 0.6) is 0 Å². The van der Waals surface area contributed by atoms with Crippen LogP contribution in [0.4, 0.5) is 0 Å². The summed E-state index contributed by atoms with van der Waals surface area (Å²) in [5.74, 6) is 0.744. The summed E-state index contributed by atoms with van der Waals surface area (Å²) in [6.45, 7) is 8.31. The molecule has 14 heavy (non-hydrogen) atoms. The summed E-state index contributed by atoms with van der Waals surface area (Å²) in [6, 6.07) is 2.28. The van der Waals surface area contributed by atoms with Crippen molar-refractivity contribution in [3.63, 3.8) is 0 Å². The molecule has 2 heteroatoms. The second-order valence-electron chi connectivity index (χ2n) is 4.07. The molecule has 0 amide bonds. The second-order valence-corrected chi connectivity index (χ2v) is 5.07. The molecule has 0 saturated carbocycles. The van der Waals surface area contributed by atoms with E-state index in [0.717, 1.165) is 25.6 Å². The third-order valence-corrected chi connectivity index (χ3v) is 2.90. The maximum Gasteiger partial charge on any atom is 0.0809 e. The van der Waals surface area contributed by atoms with Gasteiger partial charge in [-0.05, 0) is 35.8 Å². The first kappa shape index (κ1) is 11.7. The Bertz CT molecular complexity index is 253. The summed E-state index contributed by atoms with van der Waals surface area (Å²) < 4.78 is 5.50. The minimum absolute atomic E-state index is 0.744. The van der Waals surface area contributed by atoms with E-state index >= 15 is 0 Å². The third kappa shape index (κ3) is 4.25. The van der Waals surface area contributed by atoms with Crippen LogP contribution < -0.4 is 0 Å². The number of hydrogen-bond donors (Lipinski definition) is 0. The summed E-state index contributed by atoms with van der Waals surface area (Å²) in [5, 5.41) is 2.25. The fourth-order valence-corrected chi connectivity index (χ4v) is 2.24. The Balaban J connectivity index is 2.35. The molecule has 1 aromatic rings. The quantitative estimate of drug-likeness (QED) is 0.650. The molecule has 1 heterocycles. The van der Waals surface area contributed by atoms with Gasteiger partial charge in [0.25, 0.3) is 0 Å². The summed E-state index contributed by atoms with van der Waals surface area (Å²) in [5.41, 5.74) is 1.46. The first-order valence-electron chi connectivity index (χ1n) is 5.36. The van der Waals surface area contributed by atoms with E-state index in [1.165, 1.54) is 16.9 Å². The number of ether oxygens (including phenoxy) is 1. The van der Waals surface area contributed by atoms with Crippen molar-refractivity contribution in [1.82, 2.24) is 0 Å². The highest BCUT2D eigenvalue weighted by Gasteiger charge is 2.02. The van der Waals surface area contributed by atoms with Gasteiger partial charge in [0, 0.05) is 11.5 Å². The van der Waals surface area contributed by atoms with Gasteiger partial charge in [0.05, 0.1) is 6.61 Å². The lowest BCUT2D eigenvalue weighted by Gasteiger charge is -2.00. The van der Waals surface area contributed by atoms with E-state index in [0.29, 0.717) is 0 Å². The fraction of sp³-hybridized carbons (Fsp3) is 0.667. The lowest BCUT2D eigenvalue weighted by molar-refractivity contribution is 0.123. The van der Waals surface area contributed by atoms with Crippen molar-refractivity contribution >= 4 is 11.3 Å². The van der Waals surface area contributed by atoms with Crippen LogP contribution in [0.15, 0.2) is 11.4 Å². The Morgan fingerprint density at radius 2 is 2.21 bits per heavy atom. The molecule has 0 spiro atoms. The van der Waals surface area contributed by atoms with E-state index in [-0.39, 0.29) is 0 Å². The van der Waals surface area contributed by atoms with Crippen LogP contribution >= 0.6 is 11.3 Å². The van der Waals surface area contributed by atoms with Gasteiger partial charge < -0.3 is 4.74 Å². The van der Waals surface area contributed by atoms with Crippen LogP contribution in [0.25, 0.3) is 0 Å². The van der Waals surface area contributed by atoms with E-state index in [1.54, 1.807) is 0 Å². The summed E-state index contributed by atoms with van der Waals surface area (Å²) in [4.78, 5) is 1.36. The third-order valence-electron chi connectivity index (χ3n) is 1.94. The lowest BCUT2D eigenvalue weighted by atomic mass is 10.1. The smallest absolute Gasteiger partial charge is 0.0809 e. The molecule has 0 N–H and O–H groups in total. The molecule has 0 fully saturated rings. The lowest BCUT2D eigenvalue weighted by Crippen LogP contribution is -1.93. The molecule has 0 unspecified atom stereocenters. The molecular weight excluding hydrogens is 192 g/mol. The molecule has 1 rings (SSSR count). The predicted octanol–water partition coefficient (Wildman–Crippen LogP) is 3.87. The summed E-state index contributed by atoms with van der Waals surface area (Å²) >= 11 is 1.82. The molecule has 0 bridgehead atoms. The van der Waals surface area contributed by atoms with Gasteiger partial charge in [-0.2, -0.15) is 0 Å². The minimum Gasteiger partial charge on any atom is -0.376 e. The fourth-order valence-electron chi connectivity index (χ4n) is 1.40. The van der Waals surface area contributed by atoms with Crippen LogP contribution in [0, 0.1) is 5.92 Å². The Labute approximate surface area is 91.1 Å². The van der Waals surface area contributed by atoms with E-state index < -0.39 is 0 Å². The summed E-state index contributed by atoms with van der Waals surface area (Å²) in [7, 11) is 0. The first-order valence-corrected chi connectivity index (χ1v) is 6.24. The molecule has 0 aliphatic rings. The van der Waals surface area contributed by atoms with Crippen molar-refractivity contribution in [2.24, 2.45) is 5.92 Å². The monoisotopic (exact) mass is 212 g/mol. The van der Waals surface area contributed by atoms with E-state index in [9.17, 15) is 0 Å². The highest BCUT2D eigenvalue weighted by atomic mass is 32.1. The first-order chi connectivity index (χ1) is 6.72. The van der Waals surface area contributed by atoms with Crippen LogP contribution in [-0.2, 0) is 17.8 Å². The Hall–Kier alpha value is -0.340. The van der Waals surface area contributed by atoms with Crippen LogP contribution in [-0.4, -0.2) is 6.61 Å². The van der Waals surface area contributed by atoms with Gasteiger partial charge in [0.2, 0.25) is 0 Å². The maximum absolute atomic E-state index is 5.50. The molecule has 1 aromatic heterocycles. The molecule has 0 atom stereocenters. The second kappa shape index (κ2) is 6.20. The van der Waals surface area contributed by atoms with Gasteiger partial charge in [-0.25, -0.2) is 0 Å². The Kier molecular flexibility index (Phi) is 5.20. The van der Waals surface area contributed by atoms with Crippen molar-refractivity contribution in [2.75, 3.05) is 6.61 Å². The largest absolute Gasteiger partial charge is 0.376 e. The van der Waals surface area contributed by atoms with Crippen molar-refractivity contribution in [3.05, 3.63) is 21.9 Å². The zero-order valence-corrected chi connectivity index (χ0v) is 10.2. The molecular formula is C12H20OS. The normalized spacial score (nSPS) is 11.1. The zero-order valence-electron chi connectivity index (χ0n) is 9.38. The van der Waals surface area contributed by atoms with Gasteiger partial charge in [-0.15, -0.1) is 11.3 Å². The Morgan fingerprint density at radius 3 is 2.86 bits per heavy atom. The average Bonchev–Trinajstić information content (AvgIpc) is 2.52. The zero-order chi connectivity index (χ0) is 10.4.